The minimum Gasteiger partial charge on any atom is -0.490 e. The molecule has 24 heavy (non-hydrogen) atoms. The van der Waals surface area contributed by atoms with Gasteiger partial charge >= 0.3 is 5.97 Å². The molecule has 1 aromatic carbocycles. The van der Waals surface area contributed by atoms with Crippen molar-refractivity contribution in [3.63, 3.8) is 0 Å². The number of nitrogens with zero attached hydrogens (tertiary/aromatic N) is 1. The molecule has 2 N–H and O–H groups in total. The first kappa shape index (κ1) is 17.7. The van der Waals surface area contributed by atoms with Gasteiger partial charge in [0, 0.05) is 10.9 Å². The summed E-state index contributed by atoms with van der Waals surface area (Å²) in [7, 11) is 0. The smallest absolute Gasteiger partial charge is 0.309 e. The monoisotopic (exact) mass is 350 g/mol. The summed E-state index contributed by atoms with van der Waals surface area (Å²) < 4.78 is 11.0. The SMILES string of the molecule is CCOc1ccc(C(=O)Nc2nc(CC(=O)O)cs2)cc1OCC. The number of benzene rings is 1. The Labute approximate surface area is 143 Å². The van der Waals surface area contributed by atoms with E-state index in [4.69, 9.17) is 14.6 Å². The highest BCUT2D eigenvalue weighted by molar-refractivity contribution is 7.14. The maximum atomic E-state index is 12.3. The summed E-state index contributed by atoms with van der Waals surface area (Å²) in [5.41, 5.74) is 0.807. The summed E-state index contributed by atoms with van der Waals surface area (Å²) in [6.45, 7) is 4.67. The lowest BCUT2D eigenvalue weighted by Crippen LogP contribution is -2.12. The van der Waals surface area contributed by atoms with E-state index in [1.807, 2.05) is 13.8 Å². The second kappa shape index (κ2) is 8.30. The molecule has 8 heteroatoms. The molecule has 0 atom stereocenters. The van der Waals surface area contributed by atoms with Crippen LogP contribution in [0.2, 0.25) is 0 Å². The first-order valence-electron chi connectivity index (χ1n) is 7.40. The minimum atomic E-state index is -0.967. The van der Waals surface area contributed by atoms with Crippen molar-refractivity contribution in [3.05, 3.63) is 34.8 Å². The molecule has 0 aliphatic heterocycles. The van der Waals surface area contributed by atoms with Crippen molar-refractivity contribution in [3.8, 4) is 11.5 Å². The third-order valence-electron chi connectivity index (χ3n) is 2.91. The third-order valence-corrected chi connectivity index (χ3v) is 3.72. The molecule has 0 aliphatic carbocycles. The lowest BCUT2D eigenvalue weighted by Gasteiger charge is -2.12. The Morgan fingerprint density at radius 1 is 1.21 bits per heavy atom. The topological polar surface area (TPSA) is 97.8 Å². The van der Waals surface area contributed by atoms with Gasteiger partial charge in [-0.05, 0) is 32.0 Å². The fourth-order valence-electron chi connectivity index (χ4n) is 1.96. The van der Waals surface area contributed by atoms with Crippen LogP contribution in [0, 0.1) is 0 Å². The molecule has 2 rings (SSSR count). The molecule has 0 radical (unpaired) electrons. The zero-order valence-electron chi connectivity index (χ0n) is 13.4. The number of amides is 1. The van der Waals surface area contributed by atoms with Crippen molar-refractivity contribution in [1.29, 1.82) is 0 Å². The molecule has 1 amide bonds. The molecule has 0 bridgehead atoms. The standard InChI is InChI=1S/C16H18N2O5S/c1-3-22-12-6-5-10(7-13(12)23-4-2)15(21)18-16-17-11(9-24-16)8-14(19)20/h5-7,9H,3-4,8H2,1-2H3,(H,19,20)(H,17,18,21). The Morgan fingerprint density at radius 3 is 2.58 bits per heavy atom. The zero-order valence-corrected chi connectivity index (χ0v) is 14.2. The first-order chi connectivity index (χ1) is 11.5. The van der Waals surface area contributed by atoms with Gasteiger partial charge in [-0.1, -0.05) is 0 Å². The highest BCUT2D eigenvalue weighted by Gasteiger charge is 2.14. The predicted molar refractivity (Wildman–Crippen MR) is 90.2 cm³/mol. The zero-order chi connectivity index (χ0) is 17.5. The molecule has 0 saturated carbocycles. The van der Waals surface area contributed by atoms with E-state index in [0.717, 1.165) is 0 Å². The van der Waals surface area contributed by atoms with Crippen LogP contribution in [0.15, 0.2) is 23.6 Å². The van der Waals surface area contributed by atoms with Crippen molar-refractivity contribution in [2.75, 3.05) is 18.5 Å². The Morgan fingerprint density at radius 2 is 1.92 bits per heavy atom. The maximum absolute atomic E-state index is 12.3. The Balaban J connectivity index is 2.12. The third kappa shape index (κ3) is 4.69. The second-order valence-electron chi connectivity index (χ2n) is 4.70. The van der Waals surface area contributed by atoms with Crippen molar-refractivity contribution < 1.29 is 24.2 Å². The van der Waals surface area contributed by atoms with E-state index in [-0.39, 0.29) is 12.3 Å². The molecule has 0 fully saturated rings. The van der Waals surface area contributed by atoms with Crippen LogP contribution in [0.4, 0.5) is 5.13 Å². The molecule has 0 aliphatic rings. The van der Waals surface area contributed by atoms with E-state index in [2.05, 4.69) is 10.3 Å². The van der Waals surface area contributed by atoms with E-state index in [0.29, 0.717) is 41.1 Å². The largest absolute Gasteiger partial charge is 0.490 e. The van der Waals surface area contributed by atoms with E-state index in [9.17, 15) is 9.59 Å². The molecule has 0 saturated heterocycles. The van der Waals surface area contributed by atoms with Gasteiger partial charge < -0.3 is 14.6 Å². The molecule has 128 valence electrons. The Kier molecular flexibility index (Phi) is 6.14. The number of ether oxygens (including phenoxy) is 2. The number of anilines is 1. The summed E-state index contributed by atoms with van der Waals surface area (Å²) in [6, 6.07) is 4.92. The van der Waals surface area contributed by atoms with Crippen LogP contribution >= 0.6 is 11.3 Å². The number of carbonyl (C=O) groups excluding carboxylic acids is 1. The quantitative estimate of drug-likeness (QED) is 0.760. The molecule has 1 heterocycles. The van der Waals surface area contributed by atoms with E-state index in [1.165, 1.54) is 11.3 Å². The fraction of sp³-hybridized carbons (Fsp3) is 0.312. The van der Waals surface area contributed by atoms with Crippen molar-refractivity contribution in [2.45, 2.75) is 20.3 Å². The Hall–Kier alpha value is -2.61. The van der Waals surface area contributed by atoms with Gasteiger partial charge in [0.15, 0.2) is 16.6 Å². The van der Waals surface area contributed by atoms with Gasteiger partial charge in [0.1, 0.15) is 0 Å². The van der Waals surface area contributed by atoms with Crippen molar-refractivity contribution >= 4 is 28.3 Å². The highest BCUT2D eigenvalue weighted by Crippen LogP contribution is 2.29. The minimum absolute atomic E-state index is 0.177. The number of nitrogens with one attached hydrogen (secondary N) is 1. The predicted octanol–water partition coefficient (Wildman–Crippen LogP) is 2.82. The average Bonchev–Trinajstić information content (AvgIpc) is 2.95. The fourth-order valence-corrected chi connectivity index (χ4v) is 2.67. The number of thiazole rings is 1. The molecule has 1 aromatic heterocycles. The first-order valence-corrected chi connectivity index (χ1v) is 8.28. The number of carbonyl (C=O) groups is 2. The average molecular weight is 350 g/mol. The van der Waals surface area contributed by atoms with Crippen LogP contribution in [0.3, 0.4) is 0 Å². The van der Waals surface area contributed by atoms with E-state index < -0.39 is 5.97 Å². The number of aliphatic carboxylic acids is 1. The molecular formula is C16H18N2O5S. The maximum Gasteiger partial charge on any atom is 0.309 e. The van der Waals surface area contributed by atoms with Crippen molar-refractivity contribution in [1.82, 2.24) is 4.98 Å². The van der Waals surface area contributed by atoms with Crippen LogP contribution < -0.4 is 14.8 Å². The summed E-state index contributed by atoms with van der Waals surface area (Å²) >= 11 is 1.18. The molecule has 2 aromatic rings. The van der Waals surface area contributed by atoms with Crippen molar-refractivity contribution in [2.24, 2.45) is 0 Å². The van der Waals surface area contributed by atoms with E-state index in [1.54, 1.807) is 23.6 Å². The molecule has 0 spiro atoms. The van der Waals surface area contributed by atoms with E-state index >= 15 is 0 Å². The van der Waals surface area contributed by atoms with Crippen LogP contribution in [-0.4, -0.2) is 35.2 Å². The second-order valence-corrected chi connectivity index (χ2v) is 5.55. The van der Waals surface area contributed by atoms with Gasteiger partial charge in [-0.25, -0.2) is 4.98 Å². The lowest BCUT2D eigenvalue weighted by molar-refractivity contribution is -0.136. The van der Waals surface area contributed by atoms with Gasteiger partial charge in [-0.2, -0.15) is 0 Å². The summed E-state index contributed by atoms with van der Waals surface area (Å²) in [5.74, 6) is -0.243. The number of rotatable bonds is 8. The number of aromatic nitrogens is 1. The highest BCUT2D eigenvalue weighted by atomic mass is 32.1. The van der Waals surface area contributed by atoms with Crippen LogP contribution in [0.5, 0.6) is 11.5 Å². The summed E-state index contributed by atoms with van der Waals surface area (Å²) in [4.78, 5) is 27.0. The van der Waals surface area contributed by atoms with Gasteiger partial charge in [-0.3, -0.25) is 14.9 Å². The lowest BCUT2D eigenvalue weighted by atomic mass is 10.2. The summed E-state index contributed by atoms with van der Waals surface area (Å²) in [6.07, 6.45) is -0.177. The molecular weight excluding hydrogens is 332 g/mol. The number of hydrogen-bond donors (Lipinski definition) is 2. The van der Waals surface area contributed by atoms with Crippen LogP contribution in [0.1, 0.15) is 29.9 Å². The number of hydrogen-bond acceptors (Lipinski definition) is 6. The number of carboxylic acid groups (broad SMARTS) is 1. The molecule has 0 unspecified atom stereocenters. The van der Waals surface area contributed by atoms with Gasteiger partial charge in [0.25, 0.3) is 5.91 Å². The molecule has 7 nitrogen and oxygen atoms in total. The Bertz CT molecular complexity index is 729. The van der Waals surface area contributed by atoms with Gasteiger partial charge in [-0.15, -0.1) is 11.3 Å². The number of carboxylic acids is 1. The van der Waals surface area contributed by atoms with Crippen LogP contribution in [0.25, 0.3) is 0 Å². The van der Waals surface area contributed by atoms with Gasteiger partial charge in [0.2, 0.25) is 0 Å². The van der Waals surface area contributed by atoms with Gasteiger partial charge in [0.05, 0.1) is 25.3 Å². The van der Waals surface area contributed by atoms with Crippen LogP contribution in [-0.2, 0) is 11.2 Å². The normalized spacial score (nSPS) is 10.2. The summed E-state index contributed by atoms with van der Waals surface area (Å²) in [5, 5.41) is 13.3.